The quantitative estimate of drug-likeness (QED) is 0.719. The summed E-state index contributed by atoms with van der Waals surface area (Å²) < 4.78 is 4.20. The van der Waals surface area contributed by atoms with E-state index in [1.807, 2.05) is 37.4 Å². The van der Waals surface area contributed by atoms with Crippen molar-refractivity contribution in [2.75, 3.05) is 0 Å². The van der Waals surface area contributed by atoms with Gasteiger partial charge in [-0.25, -0.2) is 9.97 Å². The van der Waals surface area contributed by atoms with Crippen LogP contribution < -0.4 is 0 Å². The van der Waals surface area contributed by atoms with Crippen LogP contribution in [0.2, 0.25) is 0 Å². The van der Waals surface area contributed by atoms with E-state index in [0.717, 1.165) is 13.1 Å². The Labute approximate surface area is 125 Å². The van der Waals surface area contributed by atoms with Crippen LogP contribution in [0.25, 0.3) is 0 Å². The van der Waals surface area contributed by atoms with E-state index in [0.29, 0.717) is 5.92 Å². The smallest absolute Gasteiger partial charge is 0.0949 e. The molecule has 0 N–H and O–H groups in total. The molecule has 0 aliphatic heterocycles. The number of hydrogen-bond donors (Lipinski definition) is 0. The minimum absolute atomic E-state index is 0.522. The van der Waals surface area contributed by atoms with Crippen LogP contribution >= 0.6 is 0 Å². The number of nitrogens with zero attached hydrogens (tertiary/aromatic N) is 4. The third-order valence-corrected chi connectivity index (χ3v) is 3.59. The highest BCUT2D eigenvalue weighted by Crippen LogP contribution is 2.20. The monoisotopic (exact) mass is 280 g/mol. The average Bonchev–Trinajstić information content (AvgIpc) is 3.12. The largest absolute Gasteiger partial charge is 0.333 e. The van der Waals surface area contributed by atoms with Gasteiger partial charge < -0.3 is 9.13 Å². The van der Waals surface area contributed by atoms with Crippen molar-refractivity contribution < 1.29 is 0 Å². The van der Waals surface area contributed by atoms with Gasteiger partial charge in [-0.3, -0.25) is 0 Å². The van der Waals surface area contributed by atoms with Gasteiger partial charge in [-0.1, -0.05) is 32.0 Å². The van der Waals surface area contributed by atoms with E-state index in [9.17, 15) is 0 Å². The lowest BCUT2D eigenvalue weighted by atomic mass is 9.97. The fourth-order valence-electron chi connectivity index (χ4n) is 2.49. The van der Waals surface area contributed by atoms with Crippen LogP contribution in [0.1, 0.15) is 36.5 Å². The molecular formula is C17H20N4. The molecule has 2 heterocycles. The van der Waals surface area contributed by atoms with Crippen molar-refractivity contribution in [2.24, 2.45) is 0 Å². The Morgan fingerprint density at radius 3 is 1.76 bits per heavy atom. The van der Waals surface area contributed by atoms with E-state index in [1.165, 1.54) is 16.7 Å². The molecule has 108 valence electrons. The molecule has 0 fully saturated rings. The fourth-order valence-corrected chi connectivity index (χ4v) is 2.49. The molecule has 0 aliphatic carbocycles. The highest BCUT2D eigenvalue weighted by atomic mass is 15.0. The average molecular weight is 280 g/mol. The second kappa shape index (κ2) is 5.95. The first-order valence-electron chi connectivity index (χ1n) is 7.25. The summed E-state index contributed by atoms with van der Waals surface area (Å²) >= 11 is 0. The molecule has 2 aromatic heterocycles. The van der Waals surface area contributed by atoms with Crippen LogP contribution in [0, 0.1) is 0 Å². The van der Waals surface area contributed by atoms with Crippen molar-refractivity contribution in [1.29, 1.82) is 0 Å². The Balaban J connectivity index is 1.90. The zero-order chi connectivity index (χ0) is 14.7. The maximum Gasteiger partial charge on any atom is 0.0949 e. The van der Waals surface area contributed by atoms with Gasteiger partial charge >= 0.3 is 0 Å². The first kappa shape index (κ1) is 13.6. The molecule has 0 saturated heterocycles. The third-order valence-electron chi connectivity index (χ3n) is 3.59. The molecule has 3 aromatic rings. The van der Waals surface area contributed by atoms with Gasteiger partial charge in [0, 0.05) is 37.9 Å². The summed E-state index contributed by atoms with van der Waals surface area (Å²) in [4.78, 5) is 8.22. The lowest BCUT2D eigenvalue weighted by molar-refractivity contribution is 0.767. The predicted molar refractivity (Wildman–Crippen MR) is 83.2 cm³/mol. The summed E-state index contributed by atoms with van der Waals surface area (Å²) in [6.45, 7) is 6.18. The lowest BCUT2D eigenvalue weighted by Crippen LogP contribution is -2.03. The van der Waals surface area contributed by atoms with Gasteiger partial charge in [-0.15, -0.1) is 0 Å². The van der Waals surface area contributed by atoms with E-state index in [2.05, 4.69) is 51.1 Å². The molecule has 21 heavy (non-hydrogen) atoms. The Bertz CT molecular complexity index is 627. The zero-order valence-electron chi connectivity index (χ0n) is 12.5. The molecule has 0 amide bonds. The summed E-state index contributed by atoms with van der Waals surface area (Å²) in [5.41, 5.74) is 4.01. The Hall–Kier alpha value is -2.36. The zero-order valence-corrected chi connectivity index (χ0v) is 12.5. The Kier molecular flexibility index (Phi) is 3.86. The van der Waals surface area contributed by atoms with Crippen molar-refractivity contribution in [3.05, 3.63) is 72.3 Å². The maximum absolute atomic E-state index is 4.11. The standard InChI is InChI=1S/C17H20N4/c1-14(2)17-8-15(10-20-5-3-18-12-20)7-16(9-17)11-21-6-4-19-13-21/h3-9,12-14H,10-11H2,1-2H3. The number of imidazole rings is 2. The van der Waals surface area contributed by atoms with Crippen LogP contribution in [-0.2, 0) is 13.1 Å². The van der Waals surface area contributed by atoms with Crippen molar-refractivity contribution in [2.45, 2.75) is 32.9 Å². The number of benzene rings is 1. The Morgan fingerprint density at radius 2 is 1.38 bits per heavy atom. The molecular weight excluding hydrogens is 260 g/mol. The first-order chi connectivity index (χ1) is 10.2. The molecule has 4 heteroatoms. The minimum Gasteiger partial charge on any atom is -0.333 e. The van der Waals surface area contributed by atoms with Gasteiger partial charge in [-0.2, -0.15) is 0 Å². The summed E-state index contributed by atoms with van der Waals surface area (Å²) in [6.07, 6.45) is 11.3. The lowest BCUT2D eigenvalue weighted by Gasteiger charge is -2.13. The third kappa shape index (κ3) is 3.40. The highest BCUT2D eigenvalue weighted by Gasteiger charge is 2.06. The van der Waals surface area contributed by atoms with Gasteiger partial charge in [0.15, 0.2) is 0 Å². The molecule has 3 rings (SSSR count). The van der Waals surface area contributed by atoms with Gasteiger partial charge in [0.1, 0.15) is 0 Å². The number of hydrogen-bond acceptors (Lipinski definition) is 2. The molecule has 0 saturated carbocycles. The topological polar surface area (TPSA) is 35.6 Å². The van der Waals surface area contributed by atoms with E-state index >= 15 is 0 Å². The van der Waals surface area contributed by atoms with E-state index in [1.54, 1.807) is 0 Å². The van der Waals surface area contributed by atoms with Crippen molar-refractivity contribution in [3.8, 4) is 0 Å². The fraction of sp³-hybridized carbons (Fsp3) is 0.294. The van der Waals surface area contributed by atoms with Crippen molar-refractivity contribution in [3.63, 3.8) is 0 Å². The predicted octanol–water partition coefficient (Wildman–Crippen LogP) is 3.30. The van der Waals surface area contributed by atoms with Crippen LogP contribution in [-0.4, -0.2) is 19.1 Å². The molecule has 4 nitrogen and oxygen atoms in total. The van der Waals surface area contributed by atoms with Crippen LogP contribution in [0.4, 0.5) is 0 Å². The SMILES string of the molecule is CC(C)c1cc(Cn2ccnc2)cc(Cn2ccnc2)c1. The van der Waals surface area contributed by atoms with Crippen LogP contribution in [0.5, 0.6) is 0 Å². The van der Waals surface area contributed by atoms with Crippen molar-refractivity contribution >= 4 is 0 Å². The molecule has 0 atom stereocenters. The minimum atomic E-state index is 0.522. The van der Waals surface area contributed by atoms with Gasteiger partial charge in [0.05, 0.1) is 12.7 Å². The van der Waals surface area contributed by atoms with E-state index in [-0.39, 0.29) is 0 Å². The summed E-state index contributed by atoms with van der Waals surface area (Å²) in [6, 6.07) is 6.86. The molecule has 0 unspecified atom stereocenters. The molecule has 0 spiro atoms. The highest BCUT2D eigenvalue weighted by molar-refractivity contribution is 5.32. The molecule has 0 radical (unpaired) electrons. The second-order valence-corrected chi connectivity index (χ2v) is 5.71. The molecule has 1 aromatic carbocycles. The molecule has 0 bridgehead atoms. The van der Waals surface area contributed by atoms with Crippen LogP contribution in [0.15, 0.2) is 55.6 Å². The summed E-state index contributed by atoms with van der Waals surface area (Å²) in [5, 5.41) is 0. The number of aromatic nitrogens is 4. The van der Waals surface area contributed by atoms with E-state index < -0.39 is 0 Å². The maximum atomic E-state index is 4.11. The summed E-state index contributed by atoms with van der Waals surface area (Å²) in [7, 11) is 0. The normalized spacial score (nSPS) is 11.2. The summed E-state index contributed by atoms with van der Waals surface area (Å²) in [5.74, 6) is 0.522. The van der Waals surface area contributed by atoms with Gasteiger partial charge in [-0.05, 0) is 22.6 Å². The number of rotatable bonds is 5. The second-order valence-electron chi connectivity index (χ2n) is 5.71. The Morgan fingerprint density at radius 1 is 0.857 bits per heavy atom. The van der Waals surface area contributed by atoms with Crippen LogP contribution in [0.3, 0.4) is 0 Å². The van der Waals surface area contributed by atoms with Gasteiger partial charge in [0.2, 0.25) is 0 Å². The van der Waals surface area contributed by atoms with E-state index in [4.69, 9.17) is 0 Å². The van der Waals surface area contributed by atoms with Gasteiger partial charge in [0.25, 0.3) is 0 Å². The first-order valence-corrected chi connectivity index (χ1v) is 7.25. The molecule has 0 aliphatic rings. The van der Waals surface area contributed by atoms with Crippen molar-refractivity contribution in [1.82, 2.24) is 19.1 Å².